The molecule has 1 N–H and O–H groups in total. The lowest BCUT2D eigenvalue weighted by Gasteiger charge is -2.32. The summed E-state index contributed by atoms with van der Waals surface area (Å²) in [5, 5.41) is 3.05. The first-order valence-electron chi connectivity index (χ1n) is 6.79. The number of carbonyl (C=O) groups excluding carboxylic acids is 1. The number of hydrogen-bond donors (Lipinski definition) is 1. The molecule has 0 amide bonds. The number of halogens is 1. The zero-order valence-corrected chi connectivity index (χ0v) is 11.8. The molecule has 0 aromatic heterocycles. The van der Waals surface area contributed by atoms with Gasteiger partial charge in [-0.05, 0) is 31.9 Å². The van der Waals surface area contributed by atoms with Gasteiger partial charge in [0.2, 0.25) is 0 Å². The Morgan fingerprint density at radius 2 is 2.00 bits per heavy atom. The van der Waals surface area contributed by atoms with Gasteiger partial charge in [-0.3, -0.25) is 0 Å². The number of para-hydroxylation sites is 1. The second-order valence-electron chi connectivity index (χ2n) is 4.51. The third-order valence-corrected chi connectivity index (χ3v) is 3.19. The zero-order valence-electron chi connectivity index (χ0n) is 11.8. The first-order chi connectivity index (χ1) is 9.09. The Morgan fingerprint density at radius 1 is 1.32 bits per heavy atom. The molecule has 3 nitrogen and oxygen atoms in total. The van der Waals surface area contributed by atoms with Crippen molar-refractivity contribution in [1.29, 1.82) is 0 Å². The molecular formula is C15H22FNO2. The monoisotopic (exact) mass is 267 g/mol. The van der Waals surface area contributed by atoms with Crippen molar-refractivity contribution in [3.63, 3.8) is 0 Å². The van der Waals surface area contributed by atoms with E-state index in [9.17, 15) is 9.18 Å². The van der Waals surface area contributed by atoms with E-state index in [4.69, 9.17) is 4.74 Å². The van der Waals surface area contributed by atoms with Crippen molar-refractivity contribution >= 4 is 11.7 Å². The number of anilines is 1. The molecule has 0 fully saturated rings. The number of ether oxygens (including phenoxy) is 1. The molecule has 0 bridgehead atoms. The van der Waals surface area contributed by atoms with Crippen LogP contribution in [0.4, 0.5) is 10.1 Å². The fourth-order valence-corrected chi connectivity index (χ4v) is 2.14. The molecular weight excluding hydrogens is 245 g/mol. The van der Waals surface area contributed by atoms with E-state index in [2.05, 4.69) is 5.32 Å². The Morgan fingerprint density at radius 3 is 2.53 bits per heavy atom. The molecule has 1 rings (SSSR count). The number of nitrogens with one attached hydrogen (secondary N) is 1. The van der Waals surface area contributed by atoms with Crippen LogP contribution in [0.1, 0.15) is 40.0 Å². The Labute approximate surface area is 114 Å². The SMILES string of the molecule is CCCC(CC)(Nc1ccccc1F)C(=O)OCC. The summed E-state index contributed by atoms with van der Waals surface area (Å²) in [6, 6.07) is 6.37. The first kappa shape index (κ1) is 15.5. The van der Waals surface area contributed by atoms with E-state index in [1.807, 2.05) is 13.8 Å². The molecule has 0 aliphatic rings. The van der Waals surface area contributed by atoms with Gasteiger partial charge < -0.3 is 10.1 Å². The first-order valence-corrected chi connectivity index (χ1v) is 6.79. The summed E-state index contributed by atoms with van der Waals surface area (Å²) in [5.74, 6) is -0.677. The third-order valence-electron chi connectivity index (χ3n) is 3.19. The van der Waals surface area contributed by atoms with E-state index in [1.165, 1.54) is 6.07 Å². The lowest BCUT2D eigenvalue weighted by Crippen LogP contribution is -2.47. The van der Waals surface area contributed by atoms with Crippen LogP contribution >= 0.6 is 0 Å². The van der Waals surface area contributed by atoms with Gasteiger partial charge in [0, 0.05) is 0 Å². The minimum Gasteiger partial charge on any atom is -0.464 e. The molecule has 1 unspecified atom stereocenters. The summed E-state index contributed by atoms with van der Waals surface area (Å²) in [6.07, 6.45) is 1.97. The number of benzene rings is 1. The van der Waals surface area contributed by atoms with Gasteiger partial charge >= 0.3 is 5.97 Å². The van der Waals surface area contributed by atoms with Gasteiger partial charge in [0.15, 0.2) is 0 Å². The molecule has 0 heterocycles. The van der Waals surface area contributed by atoms with Crippen LogP contribution in [0.25, 0.3) is 0 Å². The summed E-state index contributed by atoms with van der Waals surface area (Å²) in [7, 11) is 0. The standard InChI is InChI=1S/C15H22FNO2/c1-4-11-15(5-2,14(18)19-6-3)17-13-10-8-7-9-12(13)16/h7-10,17H,4-6,11H2,1-3H3. The van der Waals surface area contributed by atoms with E-state index >= 15 is 0 Å². The van der Waals surface area contributed by atoms with Crippen molar-refractivity contribution in [3.05, 3.63) is 30.1 Å². The van der Waals surface area contributed by atoms with Crippen molar-refractivity contribution in [3.8, 4) is 0 Å². The molecule has 106 valence electrons. The fraction of sp³-hybridized carbons (Fsp3) is 0.533. The maximum atomic E-state index is 13.7. The molecule has 0 saturated heterocycles. The van der Waals surface area contributed by atoms with Gasteiger partial charge in [-0.15, -0.1) is 0 Å². The highest BCUT2D eigenvalue weighted by molar-refractivity contribution is 5.84. The number of hydrogen-bond acceptors (Lipinski definition) is 3. The Kier molecular flexibility index (Phi) is 5.80. The maximum Gasteiger partial charge on any atom is 0.331 e. The fourth-order valence-electron chi connectivity index (χ4n) is 2.14. The van der Waals surface area contributed by atoms with E-state index < -0.39 is 5.54 Å². The third kappa shape index (κ3) is 3.69. The normalized spacial score (nSPS) is 13.7. The van der Waals surface area contributed by atoms with Gasteiger partial charge in [0.05, 0.1) is 12.3 Å². The molecule has 1 atom stereocenters. The molecule has 1 aromatic carbocycles. The average molecular weight is 267 g/mol. The van der Waals surface area contributed by atoms with Crippen molar-refractivity contribution in [2.75, 3.05) is 11.9 Å². The predicted octanol–water partition coefficient (Wildman–Crippen LogP) is 3.75. The van der Waals surface area contributed by atoms with E-state index in [1.54, 1.807) is 25.1 Å². The molecule has 0 spiro atoms. The van der Waals surface area contributed by atoms with Crippen molar-refractivity contribution < 1.29 is 13.9 Å². The van der Waals surface area contributed by atoms with Gasteiger partial charge in [-0.2, -0.15) is 0 Å². The zero-order chi connectivity index (χ0) is 14.3. The van der Waals surface area contributed by atoms with Crippen LogP contribution in [0, 0.1) is 5.82 Å². The number of carbonyl (C=O) groups is 1. The lowest BCUT2D eigenvalue weighted by atomic mass is 9.90. The summed E-state index contributed by atoms with van der Waals surface area (Å²) in [5.41, 5.74) is -0.515. The molecule has 0 aliphatic heterocycles. The topological polar surface area (TPSA) is 38.3 Å². The van der Waals surface area contributed by atoms with Gasteiger partial charge in [0.25, 0.3) is 0 Å². The summed E-state index contributed by atoms with van der Waals surface area (Å²) < 4.78 is 18.9. The number of rotatable bonds is 7. The van der Waals surface area contributed by atoms with Gasteiger partial charge in [-0.25, -0.2) is 9.18 Å². The molecule has 0 aliphatic carbocycles. The smallest absolute Gasteiger partial charge is 0.331 e. The average Bonchev–Trinajstić information content (AvgIpc) is 2.41. The van der Waals surface area contributed by atoms with E-state index in [0.29, 0.717) is 25.1 Å². The lowest BCUT2D eigenvalue weighted by molar-refractivity contribution is -0.149. The number of esters is 1. The molecule has 19 heavy (non-hydrogen) atoms. The van der Waals surface area contributed by atoms with Crippen molar-refractivity contribution in [2.24, 2.45) is 0 Å². The van der Waals surface area contributed by atoms with Crippen LogP contribution in [0.3, 0.4) is 0 Å². The molecule has 4 heteroatoms. The second-order valence-corrected chi connectivity index (χ2v) is 4.51. The molecule has 0 radical (unpaired) electrons. The van der Waals surface area contributed by atoms with E-state index in [-0.39, 0.29) is 11.8 Å². The summed E-state index contributed by atoms with van der Waals surface area (Å²) in [4.78, 5) is 12.2. The quantitative estimate of drug-likeness (QED) is 0.765. The van der Waals surface area contributed by atoms with Crippen LogP contribution in [0.5, 0.6) is 0 Å². The summed E-state index contributed by atoms with van der Waals surface area (Å²) >= 11 is 0. The highest BCUT2D eigenvalue weighted by Crippen LogP contribution is 2.27. The minimum absolute atomic E-state index is 0.317. The summed E-state index contributed by atoms with van der Waals surface area (Å²) in [6.45, 7) is 5.99. The molecule has 1 aromatic rings. The maximum absolute atomic E-state index is 13.7. The highest BCUT2D eigenvalue weighted by Gasteiger charge is 2.37. The Bertz CT molecular complexity index is 422. The van der Waals surface area contributed by atoms with Crippen LogP contribution in [-0.4, -0.2) is 18.1 Å². The highest BCUT2D eigenvalue weighted by atomic mass is 19.1. The van der Waals surface area contributed by atoms with Crippen LogP contribution < -0.4 is 5.32 Å². The van der Waals surface area contributed by atoms with Crippen molar-refractivity contribution in [2.45, 2.75) is 45.6 Å². The van der Waals surface area contributed by atoms with Crippen LogP contribution in [-0.2, 0) is 9.53 Å². The van der Waals surface area contributed by atoms with Crippen molar-refractivity contribution in [1.82, 2.24) is 0 Å². The Balaban J connectivity index is 3.03. The second kappa shape index (κ2) is 7.12. The Hall–Kier alpha value is -1.58. The van der Waals surface area contributed by atoms with Gasteiger partial charge in [0.1, 0.15) is 11.4 Å². The van der Waals surface area contributed by atoms with Crippen LogP contribution in [0.15, 0.2) is 24.3 Å². The largest absolute Gasteiger partial charge is 0.464 e. The van der Waals surface area contributed by atoms with Crippen LogP contribution in [0.2, 0.25) is 0 Å². The minimum atomic E-state index is -0.854. The predicted molar refractivity (Wildman–Crippen MR) is 74.6 cm³/mol. The molecule has 0 saturated carbocycles. The van der Waals surface area contributed by atoms with E-state index in [0.717, 1.165) is 6.42 Å². The van der Waals surface area contributed by atoms with Gasteiger partial charge in [-0.1, -0.05) is 32.4 Å².